The molecule has 3 fully saturated rings. The molecular weight excluding hydrogens is 192 g/mol. The Kier molecular flexibility index (Phi) is 1.98. The smallest absolute Gasteiger partial charge is 0.166 e. The second-order valence-corrected chi connectivity index (χ2v) is 5.43. The Morgan fingerprint density at radius 3 is 2.50 bits per heavy atom. The molecule has 0 heterocycles. The van der Waals surface area contributed by atoms with Gasteiger partial charge >= 0.3 is 0 Å². The summed E-state index contributed by atoms with van der Waals surface area (Å²) < 4.78 is 0. The van der Waals surface area contributed by atoms with Gasteiger partial charge in [-0.05, 0) is 62.1 Å². The molecule has 0 amide bonds. The summed E-state index contributed by atoms with van der Waals surface area (Å²) in [5, 5.41) is 7.52. The normalized spacial score (nSPS) is 47.4. The van der Waals surface area contributed by atoms with E-state index in [0.717, 1.165) is 41.4 Å². The Balaban J connectivity index is 1.56. The van der Waals surface area contributed by atoms with Crippen molar-refractivity contribution in [2.75, 3.05) is 6.54 Å². The molecule has 2 N–H and O–H groups in total. The standard InChI is InChI=1S/C11H18N2S/c1-2-12-11(14)13-10-8-6-3-4-7(5-6)9(8)10/h6-10H,2-5H2,1H3,(H2,12,13,14). The van der Waals surface area contributed by atoms with E-state index in [1.165, 1.54) is 19.3 Å². The van der Waals surface area contributed by atoms with Crippen molar-refractivity contribution in [1.82, 2.24) is 10.6 Å². The Morgan fingerprint density at radius 1 is 1.29 bits per heavy atom. The molecule has 0 aromatic heterocycles. The molecule has 2 nitrogen and oxygen atoms in total. The zero-order valence-electron chi connectivity index (χ0n) is 8.62. The zero-order chi connectivity index (χ0) is 9.71. The lowest BCUT2D eigenvalue weighted by molar-refractivity contribution is 0.456. The van der Waals surface area contributed by atoms with Crippen LogP contribution in [0.2, 0.25) is 0 Å². The first-order valence-electron chi connectivity index (χ1n) is 5.85. The molecule has 14 heavy (non-hydrogen) atoms. The minimum Gasteiger partial charge on any atom is -0.363 e. The highest BCUT2D eigenvalue weighted by Gasteiger charge is 2.65. The van der Waals surface area contributed by atoms with Gasteiger partial charge < -0.3 is 10.6 Å². The molecule has 2 bridgehead atoms. The minimum absolute atomic E-state index is 0.729. The van der Waals surface area contributed by atoms with Crippen LogP contribution < -0.4 is 10.6 Å². The highest BCUT2D eigenvalue weighted by molar-refractivity contribution is 7.80. The Labute approximate surface area is 90.8 Å². The predicted molar refractivity (Wildman–Crippen MR) is 61.0 cm³/mol. The minimum atomic E-state index is 0.729. The van der Waals surface area contributed by atoms with E-state index in [1.807, 2.05) is 0 Å². The highest BCUT2D eigenvalue weighted by Crippen LogP contribution is 2.65. The lowest BCUT2D eigenvalue weighted by Crippen LogP contribution is -2.38. The summed E-state index contributed by atoms with van der Waals surface area (Å²) in [6, 6.07) is 0.729. The van der Waals surface area contributed by atoms with Gasteiger partial charge in [0.1, 0.15) is 0 Å². The van der Waals surface area contributed by atoms with Gasteiger partial charge in [0.05, 0.1) is 0 Å². The highest BCUT2D eigenvalue weighted by atomic mass is 32.1. The molecule has 78 valence electrons. The molecule has 0 aromatic carbocycles. The van der Waals surface area contributed by atoms with Crippen LogP contribution >= 0.6 is 12.2 Å². The SMILES string of the molecule is CCNC(=S)NC1C2C3CCC(C3)C12. The van der Waals surface area contributed by atoms with Gasteiger partial charge in [-0.25, -0.2) is 0 Å². The van der Waals surface area contributed by atoms with E-state index >= 15 is 0 Å². The third-order valence-corrected chi connectivity index (χ3v) is 4.63. The molecule has 4 unspecified atom stereocenters. The van der Waals surface area contributed by atoms with Crippen molar-refractivity contribution < 1.29 is 0 Å². The lowest BCUT2D eigenvalue weighted by atomic mass is 10.0. The Hall–Kier alpha value is -0.310. The predicted octanol–water partition coefficient (Wildman–Crippen LogP) is 1.51. The molecule has 0 aliphatic heterocycles. The van der Waals surface area contributed by atoms with Gasteiger partial charge in [-0.1, -0.05) is 0 Å². The van der Waals surface area contributed by atoms with Crippen LogP contribution in [0.5, 0.6) is 0 Å². The van der Waals surface area contributed by atoms with E-state index in [0.29, 0.717) is 0 Å². The Morgan fingerprint density at radius 2 is 1.93 bits per heavy atom. The Bertz CT molecular complexity index is 250. The van der Waals surface area contributed by atoms with Crippen molar-refractivity contribution in [3.8, 4) is 0 Å². The van der Waals surface area contributed by atoms with Gasteiger partial charge in [0.15, 0.2) is 5.11 Å². The van der Waals surface area contributed by atoms with Crippen LogP contribution in [0.1, 0.15) is 26.2 Å². The maximum Gasteiger partial charge on any atom is 0.166 e. The van der Waals surface area contributed by atoms with E-state index in [-0.39, 0.29) is 0 Å². The first kappa shape index (κ1) is 8.96. The van der Waals surface area contributed by atoms with Gasteiger partial charge in [0, 0.05) is 12.6 Å². The number of hydrogen-bond donors (Lipinski definition) is 2. The average Bonchev–Trinajstić information content (AvgIpc) is 2.60. The van der Waals surface area contributed by atoms with E-state index < -0.39 is 0 Å². The fourth-order valence-electron chi connectivity index (χ4n) is 3.88. The maximum absolute atomic E-state index is 5.22. The zero-order valence-corrected chi connectivity index (χ0v) is 9.44. The van der Waals surface area contributed by atoms with Crippen molar-refractivity contribution >= 4 is 17.3 Å². The molecule has 3 heteroatoms. The molecule has 3 aliphatic rings. The van der Waals surface area contributed by atoms with Gasteiger partial charge in [-0.2, -0.15) is 0 Å². The maximum atomic E-state index is 5.22. The van der Waals surface area contributed by atoms with E-state index in [1.54, 1.807) is 0 Å². The van der Waals surface area contributed by atoms with Gasteiger partial charge in [-0.3, -0.25) is 0 Å². The second-order valence-electron chi connectivity index (χ2n) is 5.02. The third-order valence-electron chi connectivity index (χ3n) is 4.37. The molecule has 0 saturated heterocycles. The average molecular weight is 210 g/mol. The molecule has 3 saturated carbocycles. The third kappa shape index (κ3) is 1.18. The van der Waals surface area contributed by atoms with Crippen molar-refractivity contribution in [3.05, 3.63) is 0 Å². The molecule has 3 aliphatic carbocycles. The fourth-order valence-corrected chi connectivity index (χ4v) is 4.16. The molecule has 0 aromatic rings. The summed E-state index contributed by atoms with van der Waals surface area (Å²) in [5.74, 6) is 4.02. The lowest BCUT2D eigenvalue weighted by Gasteiger charge is -2.12. The first-order valence-corrected chi connectivity index (χ1v) is 6.26. The van der Waals surface area contributed by atoms with Crippen LogP contribution in [0, 0.1) is 23.7 Å². The molecule has 0 radical (unpaired) electrons. The number of thiocarbonyl (C=S) groups is 1. The number of rotatable bonds is 2. The van der Waals surface area contributed by atoms with Crippen LogP contribution in [0.4, 0.5) is 0 Å². The largest absolute Gasteiger partial charge is 0.363 e. The topological polar surface area (TPSA) is 24.1 Å². The van der Waals surface area contributed by atoms with E-state index in [9.17, 15) is 0 Å². The summed E-state index contributed by atoms with van der Waals surface area (Å²) in [7, 11) is 0. The van der Waals surface area contributed by atoms with Gasteiger partial charge in [0.25, 0.3) is 0 Å². The van der Waals surface area contributed by atoms with Crippen LogP contribution in [0.25, 0.3) is 0 Å². The summed E-state index contributed by atoms with van der Waals surface area (Å²) in [4.78, 5) is 0. The van der Waals surface area contributed by atoms with Crippen molar-refractivity contribution in [2.24, 2.45) is 23.7 Å². The van der Waals surface area contributed by atoms with Crippen molar-refractivity contribution in [1.29, 1.82) is 0 Å². The van der Waals surface area contributed by atoms with Crippen LogP contribution in [0.3, 0.4) is 0 Å². The monoisotopic (exact) mass is 210 g/mol. The van der Waals surface area contributed by atoms with E-state index in [2.05, 4.69) is 17.6 Å². The fraction of sp³-hybridized carbons (Fsp3) is 0.909. The first-order chi connectivity index (χ1) is 6.81. The van der Waals surface area contributed by atoms with Crippen molar-refractivity contribution in [3.63, 3.8) is 0 Å². The second kappa shape index (κ2) is 3.09. The molecule has 3 rings (SSSR count). The number of fused-ring (bicyclic) bond motifs is 5. The summed E-state index contributed by atoms with van der Waals surface area (Å²) >= 11 is 5.22. The quantitative estimate of drug-likeness (QED) is 0.676. The molecular formula is C11H18N2S. The van der Waals surface area contributed by atoms with Gasteiger partial charge in [0.2, 0.25) is 0 Å². The van der Waals surface area contributed by atoms with Crippen LogP contribution in [0.15, 0.2) is 0 Å². The number of hydrogen-bond acceptors (Lipinski definition) is 1. The molecule has 4 atom stereocenters. The van der Waals surface area contributed by atoms with Gasteiger partial charge in [-0.15, -0.1) is 0 Å². The van der Waals surface area contributed by atoms with Crippen molar-refractivity contribution in [2.45, 2.75) is 32.2 Å². The summed E-state index contributed by atoms with van der Waals surface area (Å²) in [5.41, 5.74) is 0. The van der Waals surface area contributed by atoms with E-state index in [4.69, 9.17) is 12.2 Å². The summed E-state index contributed by atoms with van der Waals surface area (Å²) in [6.07, 6.45) is 4.48. The summed E-state index contributed by atoms with van der Waals surface area (Å²) in [6.45, 7) is 3.02. The van der Waals surface area contributed by atoms with Crippen LogP contribution in [-0.2, 0) is 0 Å². The molecule has 0 spiro atoms. The number of nitrogens with one attached hydrogen (secondary N) is 2. The van der Waals surface area contributed by atoms with Crippen LogP contribution in [-0.4, -0.2) is 17.7 Å².